The lowest BCUT2D eigenvalue weighted by Gasteiger charge is -2.22. The van der Waals surface area contributed by atoms with Crippen molar-refractivity contribution in [3.8, 4) is 0 Å². The van der Waals surface area contributed by atoms with Crippen molar-refractivity contribution in [3.63, 3.8) is 0 Å². The molecule has 2 rings (SSSR count). The fraction of sp³-hybridized carbons (Fsp3) is 0.500. The Kier molecular flexibility index (Phi) is 5.20. The Labute approximate surface area is 124 Å². The van der Waals surface area contributed by atoms with E-state index in [0.29, 0.717) is 11.3 Å². The number of anilines is 1. The van der Waals surface area contributed by atoms with Gasteiger partial charge in [-0.15, -0.1) is 0 Å². The smallest absolute Gasteiger partial charge is 0.340 e. The zero-order valence-electron chi connectivity index (χ0n) is 12.4. The van der Waals surface area contributed by atoms with Gasteiger partial charge in [0.15, 0.2) is 6.61 Å². The number of nitrogen functional groups attached to an aromatic ring is 1. The predicted molar refractivity (Wildman–Crippen MR) is 80.9 cm³/mol. The zero-order chi connectivity index (χ0) is 15.2. The summed E-state index contributed by atoms with van der Waals surface area (Å²) in [6.07, 6.45) is 5.53. The summed E-state index contributed by atoms with van der Waals surface area (Å²) in [5.41, 5.74) is 7.33. The van der Waals surface area contributed by atoms with Crippen LogP contribution >= 0.6 is 0 Å². The molecular formula is C16H22N2O3. The van der Waals surface area contributed by atoms with Gasteiger partial charge >= 0.3 is 5.97 Å². The van der Waals surface area contributed by atoms with Crippen molar-refractivity contribution in [1.82, 2.24) is 5.32 Å². The van der Waals surface area contributed by atoms with Gasteiger partial charge in [0.05, 0.1) is 5.56 Å². The van der Waals surface area contributed by atoms with Crippen LogP contribution in [-0.4, -0.2) is 24.5 Å². The Hall–Kier alpha value is -2.04. The van der Waals surface area contributed by atoms with Crippen LogP contribution in [0.25, 0.3) is 0 Å². The molecule has 0 atom stereocenters. The molecule has 1 aliphatic rings. The Bertz CT molecular complexity index is 522. The molecule has 1 aliphatic carbocycles. The van der Waals surface area contributed by atoms with Crippen molar-refractivity contribution in [3.05, 3.63) is 29.3 Å². The molecule has 1 aromatic rings. The van der Waals surface area contributed by atoms with E-state index in [1.807, 2.05) is 13.0 Å². The number of carbonyl (C=O) groups is 2. The summed E-state index contributed by atoms with van der Waals surface area (Å²) in [5.74, 6) is -0.809. The number of hydrogen-bond acceptors (Lipinski definition) is 4. The summed E-state index contributed by atoms with van der Waals surface area (Å²) < 4.78 is 5.04. The Morgan fingerprint density at radius 3 is 2.71 bits per heavy atom. The molecule has 5 heteroatoms. The highest BCUT2D eigenvalue weighted by Crippen LogP contribution is 2.17. The van der Waals surface area contributed by atoms with E-state index in [1.165, 1.54) is 6.42 Å². The van der Waals surface area contributed by atoms with Crippen LogP contribution in [0.1, 0.15) is 48.0 Å². The van der Waals surface area contributed by atoms with E-state index in [9.17, 15) is 9.59 Å². The fourth-order valence-electron chi connectivity index (χ4n) is 2.57. The fourth-order valence-corrected chi connectivity index (χ4v) is 2.57. The highest BCUT2D eigenvalue weighted by Gasteiger charge is 2.17. The molecule has 1 amide bonds. The molecule has 0 radical (unpaired) electrons. The third kappa shape index (κ3) is 4.48. The topological polar surface area (TPSA) is 81.4 Å². The molecule has 0 heterocycles. The number of nitrogens with two attached hydrogens (primary N) is 1. The molecule has 1 fully saturated rings. The molecule has 1 saturated carbocycles. The maximum absolute atomic E-state index is 11.9. The van der Waals surface area contributed by atoms with Crippen molar-refractivity contribution >= 4 is 17.6 Å². The molecule has 5 nitrogen and oxygen atoms in total. The zero-order valence-corrected chi connectivity index (χ0v) is 12.4. The third-order valence-corrected chi connectivity index (χ3v) is 3.73. The Morgan fingerprint density at radius 1 is 1.29 bits per heavy atom. The van der Waals surface area contributed by atoms with E-state index in [1.54, 1.807) is 12.1 Å². The van der Waals surface area contributed by atoms with E-state index in [4.69, 9.17) is 10.5 Å². The molecule has 0 aliphatic heterocycles. The number of amides is 1. The largest absolute Gasteiger partial charge is 0.452 e. The van der Waals surface area contributed by atoms with Gasteiger partial charge in [0, 0.05) is 11.7 Å². The van der Waals surface area contributed by atoms with Gasteiger partial charge in [-0.2, -0.15) is 0 Å². The van der Waals surface area contributed by atoms with Crippen LogP contribution in [0.4, 0.5) is 5.69 Å². The highest BCUT2D eigenvalue weighted by molar-refractivity contribution is 5.96. The summed E-state index contributed by atoms with van der Waals surface area (Å²) in [4.78, 5) is 23.7. The second-order valence-electron chi connectivity index (χ2n) is 5.57. The summed E-state index contributed by atoms with van der Waals surface area (Å²) >= 11 is 0. The maximum Gasteiger partial charge on any atom is 0.340 e. The summed E-state index contributed by atoms with van der Waals surface area (Å²) in [7, 11) is 0. The average molecular weight is 290 g/mol. The van der Waals surface area contributed by atoms with E-state index >= 15 is 0 Å². The lowest BCUT2D eigenvalue weighted by Crippen LogP contribution is -2.38. The van der Waals surface area contributed by atoms with Gasteiger partial charge in [0.1, 0.15) is 0 Å². The quantitative estimate of drug-likeness (QED) is 0.658. The first-order valence-electron chi connectivity index (χ1n) is 7.39. The Balaban J connectivity index is 1.82. The molecule has 0 unspecified atom stereocenters. The predicted octanol–water partition coefficient (Wildman–Crippen LogP) is 2.18. The number of hydrogen-bond donors (Lipinski definition) is 2. The molecule has 0 saturated heterocycles. The lowest BCUT2D eigenvalue weighted by molar-refractivity contribution is -0.125. The molecule has 1 aromatic carbocycles. The van der Waals surface area contributed by atoms with Gasteiger partial charge in [-0.05, 0) is 31.9 Å². The average Bonchev–Trinajstić information content (AvgIpc) is 2.48. The normalized spacial score (nSPS) is 15.5. The van der Waals surface area contributed by atoms with Crippen molar-refractivity contribution in [2.75, 3.05) is 12.3 Å². The molecule has 0 spiro atoms. The lowest BCUT2D eigenvalue weighted by atomic mass is 9.95. The van der Waals surface area contributed by atoms with E-state index in [-0.39, 0.29) is 18.6 Å². The van der Waals surface area contributed by atoms with Gasteiger partial charge in [0.25, 0.3) is 5.91 Å². The number of esters is 1. The van der Waals surface area contributed by atoms with Crippen molar-refractivity contribution in [1.29, 1.82) is 0 Å². The third-order valence-electron chi connectivity index (χ3n) is 3.73. The minimum absolute atomic E-state index is 0.217. The molecular weight excluding hydrogens is 268 g/mol. The SMILES string of the molecule is Cc1ccc(N)c(C(=O)OCC(=O)NC2CCCCC2)c1. The van der Waals surface area contributed by atoms with E-state index in [0.717, 1.165) is 31.2 Å². The van der Waals surface area contributed by atoms with Crippen LogP contribution in [0.15, 0.2) is 18.2 Å². The number of benzene rings is 1. The number of carbonyl (C=O) groups excluding carboxylic acids is 2. The van der Waals surface area contributed by atoms with Crippen molar-refractivity contribution in [2.24, 2.45) is 0 Å². The van der Waals surface area contributed by atoms with Crippen LogP contribution in [0, 0.1) is 6.92 Å². The highest BCUT2D eigenvalue weighted by atomic mass is 16.5. The monoisotopic (exact) mass is 290 g/mol. The second kappa shape index (κ2) is 7.11. The standard InChI is InChI=1S/C16H22N2O3/c1-11-7-8-14(17)13(9-11)16(20)21-10-15(19)18-12-5-3-2-4-6-12/h7-9,12H,2-6,10,17H2,1H3,(H,18,19). The summed E-state index contributed by atoms with van der Waals surface area (Å²) in [5, 5.41) is 2.90. The first-order chi connectivity index (χ1) is 10.1. The Morgan fingerprint density at radius 2 is 2.00 bits per heavy atom. The second-order valence-corrected chi connectivity index (χ2v) is 5.57. The van der Waals surface area contributed by atoms with Gasteiger partial charge < -0.3 is 15.8 Å². The molecule has 0 aromatic heterocycles. The minimum Gasteiger partial charge on any atom is -0.452 e. The first kappa shape index (κ1) is 15.4. The van der Waals surface area contributed by atoms with Crippen LogP contribution in [-0.2, 0) is 9.53 Å². The number of rotatable bonds is 4. The van der Waals surface area contributed by atoms with Gasteiger partial charge in [-0.3, -0.25) is 4.79 Å². The molecule has 0 bridgehead atoms. The van der Waals surface area contributed by atoms with Crippen molar-refractivity contribution in [2.45, 2.75) is 45.1 Å². The van der Waals surface area contributed by atoms with Gasteiger partial charge in [0.2, 0.25) is 0 Å². The van der Waals surface area contributed by atoms with Crippen LogP contribution < -0.4 is 11.1 Å². The molecule has 114 valence electrons. The van der Waals surface area contributed by atoms with Crippen LogP contribution in [0.2, 0.25) is 0 Å². The molecule has 21 heavy (non-hydrogen) atoms. The maximum atomic E-state index is 11.9. The van der Waals surface area contributed by atoms with Gasteiger partial charge in [-0.25, -0.2) is 4.79 Å². The van der Waals surface area contributed by atoms with Crippen molar-refractivity contribution < 1.29 is 14.3 Å². The number of aryl methyl sites for hydroxylation is 1. The van der Waals surface area contributed by atoms with Crippen LogP contribution in [0.3, 0.4) is 0 Å². The van der Waals surface area contributed by atoms with E-state index in [2.05, 4.69) is 5.32 Å². The summed E-state index contributed by atoms with van der Waals surface area (Å²) in [6.45, 7) is 1.61. The minimum atomic E-state index is -0.560. The number of nitrogens with one attached hydrogen (secondary N) is 1. The van der Waals surface area contributed by atoms with Crippen LogP contribution in [0.5, 0.6) is 0 Å². The summed E-state index contributed by atoms with van der Waals surface area (Å²) in [6, 6.07) is 5.36. The van der Waals surface area contributed by atoms with E-state index < -0.39 is 5.97 Å². The first-order valence-corrected chi connectivity index (χ1v) is 7.39. The molecule has 3 N–H and O–H groups in total. The number of ether oxygens (including phenoxy) is 1. The van der Waals surface area contributed by atoms with Gasteiger partial charge in [-0.1, -0.05) is 30.9 Å².